The smallest absolute Gasteiger partial charge is 0.251 e. The predicted molar refractivity (Wildman–Crippen MR) is 76.1 cm³/mol. The molecule has 0 aliphatic rings. The van der Waals surface area contributed by atoms with Crippen molar-refractivity contribution in [3.05, 3.63) is 36.0 Å². The molecule has 1 amide bonds. The first kappa shape index (κ1) is 13.6. The van der Waals surface area contributed by atoms with Gasteiger partial charge in [-0.15, -0.1) is 0 Å². The Bertz CT molecular complexity index is 560. The molecule has 0 fully saturated rings. The highest BCUT2D eigenvalue weighted by atomic mass is 16.3. The van der Waals surface area contributed by atoms with Crippen molar-refractivity contribution in [1.29, 1.82) is 0 Å². The molecule has 0 bridgehead atoms. The molecule has 0 radical (unpaired) electrons. The van der Waals surface area contributed by atoms with Gasteiger partial charge in [-0.05, 0) is 37.5 Å². The standard InChI is InChI=1S/C15H20N2O2/c1-10(8-11(2)18)9-17-15(19)13-4-3-5-14-12(13)6-7-16-14/h3-7,10-11,16,18H,8-9H2,1-2H3,(H,17,19). The fourth-order valence-electron chi connectivity index (χ4n) is 2.31. The van der Waals surface area contributed by atoms with Crippen molar-refractivity contribution in [2.24, 2.45) is 5.92 Å². The largest absolute Gasteiger partial charge is 0.393 e. The van der Waals surface area contributed by atoms with Gasteiger partial charge in [0.1, 0.15) is 0 Å². The first-order chi connectivity index (χ1) is 9.08. The van der Waals surface area contributed by atoms with Gasteiger partial charge in [-0.1, -0.05) is 13.0 Å². The van der Waals surface area contributed by atoms with Gasteiger partial charge < -0.3 is 15.4 Å². The molecule has 2 atom stereocenters. The number of hydrogen-bond acceptors (Lipinski definition) is 2. The zero-order valence-electron chi connectivity index (χ0n) is 11.3. The van der Waals surface area contributed by atoms with Crippen LogP contribution in [0.3, 0.4) is 0 Å². The molecule has 1 aromatic carbocycles. The third-order valence-corrected chi connectivity index (χ3v) is 3.19. The first-order valence-electron chi connectivity index (χ1n) is 6.60. The van der Waals surface area contributed by atoms with Gasteiger partial charge in [-0.25, -0.2) is 0 Å². The third-order valence-electron chi connectivity index (χ3n) is 3.19. The highest BCUT2D eigenvalue weighted by molar-refractivity contribution is 6.06. The highest BCUT2D eigenvalue weighted by Gasteiger charge is 2.12. The molecule has 0 saturated carbocycles. The molecule has 4 nitrogen and oxygen atoms in total. The molecule has 0 saturated heterocycles. The van der Waals surface area contributed by atoms with Crippen LogP contribution in [0.15, 0.2) is 30.5 Å². The summed E-state index contributed by atoms with van der Waals surface area (Å²) in [5.74, 6) is 0.192. The minimum Gasteiger partial charge on any atom is -0.393 e. The summed E-state index contributed by atoms with van der Waals surface area (Å²) in [5, 5.41) is 13.2. The van der Waals surface area contributed by atoms with E-state index in [4.69, 9.17) is 0 Å². The highest BCUT2D eigenvalue weighted by Crippen LogP contribution is 2.17. The Morgan fingerprint density at radius 3 is 2.89 bits per heavy atom. The Labute approximate surface area is 112 Å². The summed E-state index contributed by atoms with van der Waals surface area (Å²) in [6.45, 7) is 4.35. The number of benzene rings is 1. The normalized spacial score (nSPS) is 14.3. The molecule has 3 N–H and O–H groups in total. The summed E-state index contributed by atoms with van der Waals surface area (Å²) < 4.78 is 0. The number of carbonyl (C=O) groups is 1. The topological polar surface area (TPSA) is 65.1 Å². The molecule has 2 unspecified atom stereocenters. The number of carbonyl (C=O) groups excluding carboxylic acids is 1. The summed E-state index contributed by atoms with van der Waals surface area (Å²) in [6, 6.07) is 7.55. The van der Waals surface area contributed by atoms with E-state index in [1.807, 2.05) is 37.4 Å². The van der Waals surface area contributed by atoms with Gasteiger partial charge in [-0.3, -0.25) is 4.79 Å². The van der Waals surface area contributed by atoms with Gasteiger partial charge >= 0.3 is 0 Å². The van der Waals surface area contributed by atoms with Crippen molar-refractivity contribution >= 4 is 16.8 Å². The molecule has 102 valence electrons. The molecule has 2 aromatic rings. The molecule has 4 heteroatoms. The van der Waals surface area contributed by atoms with Crippen molar-refractivity contribution in [2.75, 3.05) is 6.54 Å². The number of rotatable bonds is 5. The second-order valence-corrected chi connectivity index (χ2v) is 5.14. The number of aliphatic hydroxyl groups excluding tert-OH is 1. The van der Waals surface area contributed by atoms with Gasteiger partial charge in [0, 0.05) is 29.2 Å². The quantitative estimate of drug-likeness (QED) is 0.772. The summed E-state index contributed by atoms with van der Waals surface area (Å²) in [6.07, 6.45) is 2.19. The second-order valence-electron chi connectivity index (χ2n) is 5.14. The Morgan fingerprint density at radius 2 is 2.16 bits per heavy atom. The minimum absolute atomic E-state index is 0.0670. The fraction of sp³-hybridized carbons (Fsp3) is 0.400. The van der Waals surface area contributed by atoms with Crippen LogP contribution in [0, 0.1) is 5.92 Å². The van der Waals surface area contributed by atoms with Crippen LogP contribution in [0.1, 0.15) is 30.6 Å². The third kappa shape index (κ3) is 3.35. The predicted octanol–water partition coefficient (Wildman–Crippen LogP) is 2.30. The molecule has 1 aromatic heterocycles. The van der Waals surface area contributed by atoms with Crippen molar-refractivity contribution in [1.82, 2.24) is 10.3 Å². The van der Waals surface area contributed by atoms with Crippen LogP contribution in [-0.4, -0.2) is 28.6 Å². The molecular weight excluding hydrogens is 240 g/mol. The molecule has 0 aliphatic heterocycles. The van der Waals surface area contributed by atoms with Gasteiger partial charge in [0.2, 0.25) is 0 Å². The van der Waals surface area contributed by atoms with Crippen molar-refractivity contribution in [3.63, 3.8) is 0 Å². The van der Waals surface area contributed by atoms with E-state index in [9.17, 15) is 9.90 Å². The number of amides is 1. The van der Waals surface area contributed by atoms with E-state index in [-0.39, 0.29) is 17.9 Å². The monoisotopic (exact) mass is 260 g/mol. The van der Waals surface area contributed by atoms with E-state index >= 15 is 0 Å². The molecule has 19 heavy (non-hydrogen) atoms. The lowest BCUT2D eigenvalue weighted by atomic mass is 10.0. The Kier molecular flexibility index (Phi) is 4.22. The van der Waals surface area contributed by atoms with E-state index in [0.717, 1.165) is 10.9 Å². The van der Waals surface area contributed by atoms with Crippen LogP contribution < -0.4 is 5.32 Å². The van der Waals surface area contributed by atoms with Crippen LogP contribution in [-0.2, 0) is 0 Å². The van der Waals surface area contributed by atoms with E-state index in [2.05, 4.69) is 10.3 Å². The van der Waals surface area contributed by atoms with Gasteiger partial charge in [0.25, 0.3) is 5.91 Å². The van der Waals surface area contributed by atoms with Crippen LogP contribution in [0.2, 0.25) is 0 Å². The maximum absolute atomic E-state index is 12.2. The molecule has 2 rings (SSSR count). The summed E-state index contributed by atoms with van der Waals surface area (Å²) in [7, 11) is 0. The van der Waals surface area contributed by atoms with Crippen LogP contribution in [0.25, 0.3) is 10.9 Å². The molecule has 0 aliphatic carbocycles. The van der Waals surface area contributed by atoms with E-state index < -0.39 is 0 Å². The van der Waals surface area contributed by atoms with Crippen LogP contribution in [0.4, 0.5) is 0 Å². The summed E-state index contributed by atoms with van der Waals surface area (Å²) in [5.41, 5.74) is 1.65. The number of aromatic amines is 1. The van der Waals surface area contributed by atoms with Gasteiger partial charge in [0.05, 0.1) is 6.10 Å². The molecular formula is C15H20N2O2. The zero-order valence-corrected chi connectivity index (χ0v) is 11.3. The van der Waals surface area contributed by atoms with Crippen molar-refractivity contribution < 1.29 is 9.90 Å². The second kappa shape index (κ2) is 5.89. The Balaban J connectivity index is 2.02. The summed E-state index contributed by atoms with van der Waals surface area (Å²) >= 11 is 0. The van der Waals surface area contributed by atoms with Crippen molar-refractivity contribution in [3.8, 4) is 0 Å². The summed E-state index contributed by atoms with van der Waals surface area (Å²) in [4.78, 5) is 15.3. The van der Waals surface area contributed by atoms with E-state index in [1.54, 1.807) is 6.92 Å². The number of aliphatic hydroxyl groups is 1. The SMILES string of the molecule is CC(O)CC(C)CNC(=O)c1cccc2[nH]ccc12. The average Bonchev–Trinajstić information content (AvgIpc) is 2.83. The fourth-order valence-corrected chi connectivity index (χ4v) is 2.31. The van der Waals surface area contributed by atoms with E-state index in [1.165, 1.54) is 0 Å². The maximum Gasteiger partial charge on any atom is 0.251 e. The lowest BCUT2D eigenvalue weighted by Gasteiger charge is -2.14. The van der Waals surface area contributed by atoms with Crippen LogP contribution >= 0.6 is 0 Å². The Morgan fingerprint density at radius 1 is 1.37 bits per heavy atom. The lowest BCUT2D eigenvalue weighted by molar-refractivity contribution is 0.0941. The van der Waals surface area contributed by atoms with Crippen LogP contribution in [0.5, 0.6) is 0 Å². The molecule has 1 heterocycles. The van der Waals surface area contributed by atoms with Gasteiger partial charge in [-0.2, -0.15) is 0 Å². The number of fused-ring (bicyclic) bond motifs is 1. The minimum atomic E-state index is -0.333. The number of hydrogen-bond donors (Lipinski definition) is 3. The molecule has 0 spiro atoms. The van der Waals surface area contributed by atoms with E-state index in [0.29, 0.717) is 18.5 Å². The number of H-pyrrole nitrogens is 1. The first-order valence-corrected chi connectivity index (χ1v) is 6.60. The lowest BCUT2D eigenvalue weighted by Crippen LogP contribution is -2.29. The zero-order chi connectivity index (χ0) is 13.8. The number of aromatic nitrogens is 1. The number of nitrogens with one attached hydrogen (secondary N) is 2. The Hall–Kier alpha value is -1.81. The van der Waals surface area contributed by atoms with Crippen molar-refractivity contribution in [2.45, 2.75) is 26.4 Å². The van der Waals surface area contributed by atoms with Gasteiger partial charge in [0.15, 0.2) is 0 Å². The average molecular weight is 260 g/mol. The maximum atomic E-state index is 12.2.